The van der Waals surface area contributed by atoms with Gasteiger partial charge >= 0.3 is 0 Å². The molecule has 0 bridgehead atoms. The van der Waals surface area contributed by atoms with E-state index in [1.54, 1.807) is 0 Å². The Morgan fingerprint density at radius 1 is 0.800 bits per heavy atom. The van der Waals surface area contributed by atoms with Crippen LogP contribution in [0.4, 0.5) is 4.39 Å². The van der Waals surface area contributed by atoms with Crippen LogP contribution in [0.3, 0.4) is 0 Å². The maximum absolute atomic E-state index is 13.8. The Morgan fingerprint density at radius 2 is 1.33 bits per heavy atom. The fourth-order valence-electron chi connectivity index (χ4n) is 1.60. The van der Waals surface area contributed by atoms with Crippen molar-refractivity contribution in [3.8, 4) is 0 Å². The van der Waals surface area contributed by atoms with Crippen molar-refractivity contribution in [3.63, 3.8) is 0 Å². The monoisotopic (exact) mass is 200 g/mol. The Bertz CT molecular complexity index is 394. The third-order valence-electron chi connectivity index (χ3n) is 2.42. The molecule has 1 heteroatoms. The highest BCUT2D eigenvalue weighted by Gasteiger charge is 2.09. The van der Waals surface area contributed by atoms with E-state index in [2.05, 4.69) is 0 Å². The Labute approximate surface area is 89.4 Å². The van der Waals surface area contributed by atoms with Crippen molar-refractivity contribution in [1.29, 1.82) is 0 Å². The fourth-order valence-corrected chi connectivity index (χ4v) is 1.60. The Balaban J connectivity index is 2.08. The van der Waals surface area contributed by atoms with E-state index >= 15 is 0 Å². The molecule has 0 aromatic heterocycles. The molecule has 0 fully saturated rings. The highest BCUT2D eigenvalue weighted by molar-refractivity contribution is 5.22. The Hall–Kier alpha value is -1.63. The summed E-state index contributed by atoms with van der Waals surface area (Å²) in [5.74, 6) is 0. The van der Waals surface area contributed by atoms with Gasteiger partial charge in [0.05, 0.1) is 0 Å². The average molecular weight is 200 g/mol. The summed E-state index contributed by atoms with van der Waals surface area (Å²) in [5, 5.41) is 0. The molecule has 0 radical (unpaired) electrons. The summed E-state index contributed by atoms with van der Waals surface area (Å²) < 4.78 is 13.8. The van der Waals surface area contributed by atoms with Gasteiger partial charge in [-0.05, 0) is 11.1 Å². The lowest BCUT2D eigenvalue weighted by Crippen LogP contribution is -1.96. The summed E-state index contributed by atoms with van der Waals surface area (Å²) in [6.07, 6.45) is -0.459. The minimum Gasteiger partial charge on any atom is -0.242 e. The first-order valence-corrected chi connectivity index (χ1v) is 5.09. The molecular weight excluding hydrogens is 187 g/mol. The maximum Gasteiger partial charge on any atom is 0.129 e. The van der Waals surface area contributed by atoms with Crippen molar-refractivity contribution in [1.82, 2.24) is 0 Å². The van der Waals surface area contributed by atoms with Crippen LogP contribution in [0.1, 0.15) is 17.3 Å². The Morgan fingerprint density at radius 3 is 1.93 bits per heavy atom. The molecule has 0 saturated carbocycles. The van der Waals surface area contributed by atoms with Crippen LogP contribution in [0, 0.1) is 0 Å². The summed E-state index contributed by atoms with van der Waals surface area (Å²) >= 11 is 0. The first-order valence-electron chi connectivity index (χ1n) is 5.09. The van der Waals surface area contributed by atoms with Crippen molar-refractivity contribution < 1.29 is 4.39 Å². The van der Waals surface area contributed by atoms with Crippen LogP contribution in [0.5, 0.6) is 0 Å². The lowest BCUT2D eigenvalue weighted by Gasteiger charge is -2.08. The second-order valence-electron chi connectivity index (χ2n) is 3.57. The summed E-state index contributed by atoms with van der Waals surface area (Å²) in [4.78, 5) is 0. The van der Waals surface area contributed by atoms with Crippen LogP contribution < -0.4 is 0 Å². The van der Waals surface area contributed by atoms with Gasteiger partial charge in [-0.25, -0.2) is 4.39 Å². The van der Waals surface area contributed by atoms with E-state index in [4.69, 9.17) is 0 Å². The van der Waals surface area contributed by atoms with Gasteiger partial charge in [-0.15, -0.1) is 0 Å². The molecule has 0 aliphatic rings. The summed E-state index contributed by atoms with van der Waals surface area (Å²) in [6.45, 7) is 0. The highest BCUT2D eigenvalue weighted by atomic mass is 19.1. The van der Waals surface area contributed by atoms with Crippen LogP contribution >= 0.6 is 0 Å². The molecule has 0 N–H and O–H groups in total. The second kappa shape index (κ2) is 4.74. The lowest BCUT2D eigenvalue weighted by atomic mass is 10.0. The first-order chi connectivity index (χ1) is 7.36. The van der Waals surface area contributed by atoms with Gasteiger partial charge in [0, 0.05) is 6.42 Å². The van der Waals surface area contributed by atoms with Crippen molar-refractivity contribution in [2.45, 2.75) is 12.6 Å². The van der Waals surface area contributed by atoms with Crippen molar-refractivity contribution in [3.05, 3.63) is 71.8 Å². The molecule has 15 heavy (non-hydrogen) atoms. The summed E-state index contributed by atoms with van der Waals surface area (Å²) in [6, 6.07) is 19.0. The molecule has 76 valence electrons. The van der Waals surface area contributed by atoms with Crippen LogP contribution in [0.15, 0.2) is 60.7 Å². The zero-order valence-corrected chi connectivity index (χ0v) is 8.44. The third-order valence-corrected chi connectivity index (χ3v) is 2.42. The molecule has 2 rings (SSSR count). The average Bonchev–Trinajstić information content (AvgIpc) is 2.31. The third kappa shape index (κ3) is 2.66. The molecular formula is C14H13F. The summed E-state index contributed by atoms with van der Waals surface area (Å²) in [5.41, 5.74) is 1.79. The first kappa shape index (κ1) is 9.91. The van der Waals surface area contributed by atoms with E-state index in [0.29, 0.717) is 6.42 Å². The molecule has 0 heterocycles. The minimum atomic E-state index is -0.909. The van der Waals surface area contributed by atoms with Gasteiger partial charge in [-0.3, -0.25) is 0 Å². The molecule has 0 saturated heterocycles. The zero-order valence-electron chi connectivity index (χ0n) is 8.44. The van der Waals surface area contributed by atoms with Crippen LogP contribution in [0.25, 0.3) is 0 Å². The molecule has 1 unspecified atom stereocenters. The van der Waals surface area contributed by atoms with Crippen LogP contribution in [-0.4, -0.2) is 0 Å². The minimum absolute atomic E-state index is 0.449. The molecule has 2 aromatic rings. The normalized spacial score (nSPS) is 12.3. The van der Waals surface area contributed by atoms with Crippen LogP contribution in [-0.2, 0) is 6.42 Å². The standard InChI is InChI=1S/C14H13F/c15-14(13-9-5-2-6-10-13)11-12-7-3-1-4-8-12/h1-10,14H,11H2. The van der Waals surface area contributed by atoms with Gasteiger partial charge in [-0.1, -0.05) is 60.7 Å². The van der Waals surface area contributed by atoms with Crippen molar-refractivity contribution >= 4 is 0 Å². The quantitative estimate of drug-likeness (QED) is 0.704. The smallest absolute Gasteiger partial charge is 0.129 e. The predicted octanol–water partition coefficient (Wildman–Crippen LogP) is 3.94. The fraction of sp³-hybridized carbons (Fsp3) is 0.143. The highest BCUT2D eigenvalue weighted by Crippen LogP contribution is 2.21. The van der Waals surface area contributed by atoms with E-state index in [1.165, 1.54) is 0 Å². The molecule has 0 aliphatic heterocycles. The van der Waals surface area contributed by atoms with E-state index in [-0.39, 0.29) is 0 Å². The van der Waals surface area contributed by atoms with Crippen molar-refractivity contribution in [2.75, 3.05) is 0 Å². The maximum atomic E-state index is 13.8. The summed E-state index contributed by atoms with van der Waals surface area (Å²) in [7, 11) is 0. The van der Waals surface area contributed by atoms with E-state index < -0.39 is 6.17 Å². The van der Waals surface area contributed by atoms with E-state index in [0.717, 1.165) is 11.1 Å². The molecule has 0 spiro atoms. The number of hydrogen-bond donors (Lipinski definition) is 0. The number of alkyl halides is 1. The topological polar surface area (TPSA) is 0 Å². The van der Waals surface area contributed by atoms with Crippen LogP contribution in [0.2, 0.25) is 0 Å². The van der Waals surface area contributed by atoms with Gasteiger partial charge in [0.15, 0.2) is 0 Å². The van der Waals surface area contributed by atoms with Gasteiger partial charge in [0.25, 0.3) is 0 Å². The van der Waals surface area contributed by atoms with Gasteiger partial charge in [0.2, 0.25) is 0 Å². The van der Waals surface area contributed by atoms with Gasteiger partial charge in [-0.2, -0.15) is 0 Å². The largest absolute Gasteiger partial charge is 0.242 e. The Kier molecular flexibility index (Phi) is 3.13. The molecule has 1 atom stereocenters. The number of benzene rings is 2. The molecule has 0 nitrogen and oxygen atoms in total. The number of halogens is 1. The predicted molar refractivity (Wildman–Crippen MR) is 60.4 cm³/mol. The number of hydrogen-bond acceptors (Lipinski definition) is 0. The molecule has 0 aliphatic carbocycles. The zero-order chi connectivity index (χ0) is 10.5. The van der Waals surface area contributed by atoms with E-state index in [9.17, 15) is 4.39 Å². The van der Waals surface area contributed by atoms with Gasteiger partial charge < -0.3 is 0 Å². The lowest BCUT2D eigenvalue weighted by molar-refractivity contribution is 0.342. The van der Waals surface area contributed by atoms with Gasteiger partial charge in [0.1, 0.15) is 6.17 Å². The number of rotatable bonds is 3. The molecule has 2 aromatic carbocycles. The second-order valence-corrected chi connectivity index (χ2v) is 3.57. The SMILES string of the molecule is FC(Cc1ccccc1)c1ccccc1. The van der Waals surface area contributed by atoms with E-state index in [1.807, 2.05) is 60.7 Å². The molecule has 0 amide bonds. The van der Waals surface area contributed by atoms with Crippen molar-refractivity contribution in [2.24, 2.45) is 0 Å².